The van der Waals surface area contributed by atoms with Crippen molar-refractivity contribution < 1.29 is 0 Å². The molecule has 1 heterocycles. The summed E-state index contributed by atoms with van der Waals surface area (Å²) < 4.78 is 1.16. The monoisotopic (exact) mass is 366 g/mol. The van der Waals surface area contributed by atoms with Crippen molar-refractivity contribution in [2.45, 2.75) is 46.1 Å². The highest BCUT2D eigenvalue weighted by molar-refractivity contribution is 9.10. The van der Waals surface area contributed by atoms with Crippen LogP contribution in [-0.2, 0) is 0 Å². The number of nitrogens with zero attached hydrogens (tertiary/aromatic N) is 1. The largest absolute Gasteiger partial charge is 0.304 e. The summed E-state index contributed by atoms with van der Waals surface area (Å²) in [7, 11) is 0. The Morgan fingerprint density at radius 2 is 2.10 bits per heavy atom. The average molecular weight is 367 g/mol. The molecule has 0 radical (unpaired) electrons. The molecule has 4 heteroatoms. The van der Waals surface area contributed by atoms with Gasteiger partial charge in [-0.05, 0) is 43.0 Å². The molecule has 0 fully saturated rings. The van der Waals surface area contributed by atoms with E-state index in [1.54, 1.807) is 11.3 Å². The first-order valence-corrected chi connectivity index (χ1v) is 9.15. The summed E-state index contributed by atoms with van der Waals surface area (Å²) in [4.78, 5) is 4.84. The average Bonchev–Trinajstić information content (AvgIpc) is 2.93. The van der Waals surface area contributed by atoms with Crippen LogP contribution in [0.25, 0.3) is 0 Å². The molecule has 0 aliphatic carbocycles. The van der Waals surface area contributed by atoms with E-state index in [2.05, 4.69) is 72.5 Å². The Morgan fingerprint density at radius 1 is 1.33 bits per heavy atom. The van der Waals surface area contributed by atoms with Crippen LogP contribution in [0.5, 0.6) is 0 Å². The maximum atomic E-state index is 4.84. The molecule has 2 aromatic rings. The number of nitrogens with one attached hydrogen (secondary N) is 1. The Bertz CT molecular complexity index is 592. The van der Waals surface area contributed by atoms with E-state index in [1.807, 2.05) is 0 Å². The number of aromatic nitrogens is 1. The Morgan fingerprint density at radius 3 is 2.67 bits per heavy atom. The molecule has 0 aliphatic heterocycles. The van der Waals surface area contributed by atoms with Crippen molar-refractivity contribution in [3.8, 4) is 0 Å². The molecule has 0 spiro atoms. The molecule has 21 heavy (non-hydrogen) atoms. The fourth-order valence-electron chi connectivity index (χ4n) is 2.18. The van der Waals surface area contributed by atoms with Gasteiger partial charge in [0.05, 0.1) is 11.7 Å². The molecule has 0 saturated carbocycles. The van der Waals surface area contributed by atoms with E-state index in [0.29, 0.717) is 5.92 Å². The second kappa shape index (κ2) is 7.52. The smallest absolute Gasteiger partial charge is 0.114 e. The van der Waals surface area contributed by atoms with Gasteiger partial charge in [-0.1, -0.05) is 48.8 Å². The zero-order valence-electron chi connectivity index (χ0n) is 13.1. The zero-order valence-corrected chi connectivity index (χ0v) is 15.5. The predicted octanol–water partition coefficient (Wildman–Crippen LogP) is 5.43. The van der Waals surface area contributed by atoms with E-state index in [0.717, 1.165) is 22.4 Å². The quantitative estimate of drug-likeness (QED) is 0.737. The Balaban J connectivity index is 2.34. The summed E-state index contributed by atoms with van der Waals surface area (Å²) in [5.74, 6) is 0.480. The Labute approximate surface area is 140 Å². The van der Waals surface area contributed by atoms with Crippen LogP contribution < -0.4 is 5.32 Å². The van der Waals surface area contributed by atoms with Crippen LogP contribution in [0.4, 0.5) is 0 Å². The third-order valence-electron chi connectivity index (χ3n) is 3.49. The van der Waals surface area contributed by atoms with Gasteiger partial charge in [-0.25, -0.2) is 4.98 Å². The van der Waals surface area contributed by atoms with Crippen molar-refractivity contribution in [1.29, 1.82) is 0 Å². The number of rotatable bonds is 6. The van der Waals surface area contributed by atoms with Crippen LogP contribution in [0.3, 0.4) is 0 Å². The molecule has 2 rings (SSSR count). The van der Waals surface area contributed by atoms with Gasteiger partial charge in [0.2, 0.25) is 0 Å². The van der Waals surface area contributed by atoms with Crippen molar-refractivity contribution in [3.63, 3.8) is 0 Å². The minimum Gasteiger partial charge on any atom is -0.304 e. The van der Waals surface area contributed by atoms with Gasteiger partial charge in [0.1, 0.15) is 5.01 Å². The first kappa shape index (κ1) is 16.7. The molecule has 1 N–H and O–H groups in total. The first-order chi connectivity index (χ1) is 10.0. The molecule has 1 aromatic carbocycles. The molecule has 1 unspecified atom stereocenters. The van der Waals surface area contributed by atoms with Gasteiger partial charge in [0, 0.05) is 9.85 Å². The Kier molecular flexibility index (Phi) is 5.97. The number of thiazole rings is 1. The highest BCUT2D eigenvalue weighted by atomic mass is 79.9. The summed E-state index contributed by atoms with van der Waals surface area (Å²) in [5.41, 5.74) is 3.73. The lowest BCUT2D eigenvalue weighted by Crippen LogP contribution is -2.23. The summed E-state index contributed by atoms with van der Waals surface area (Å²) in [5, 5.41) is 6.98. The highest BCUT2D eigenvalue weighted by Gasteiger charge is 2.18. The fourth-order valence-corrected chi connectivity index (χ4v) is 3.51. The molecule has 114 valence electrons. The molecular weight excluding hydrogens is 344 g/mol. The van der Waals surface area contributed by atoms with E-state index in [9.17, 15) is 0 Å². The fraction of sp³-hybridized carbons (Fsp3) is 0.471. The third kappa shape index (κ3) is 4.15. The van der Waals surface area contributed by atoms with E-state index >= 15 is 0 Å². The van der Waals surface area contributed by atoms with Crippen molar-refractivity contribution in [1.82, 2.24) is 10.3 Å². The lowest BCUT2D eigenvalue weighted by Gasteiger charge is -2.17. The van der Waals surface area contributed by atoms with Gasteiger partial charge in [0.25, 0.3) is 0 Å². The van der Waals surface area contributed by atoms with Crippen LogP contribution in [-0.4, -0.2) is 11.5 Å². The summed E-state index contributed by atoms with van der Waals surface area (Å²) in [6.07, 6.45) is 1.12. The number of aryl methyl sites for hydroxylation is 1. The van der Waals surface area contributed by atoms with E-state index in [1.165, 1.54) is 16.8 Å². The molecule has 0 saturated heterocycles. The van der Waals surface area contributed by atoms with Gasteiger partial charge in [-0.2, -0.15) is 0 Å². The van der Waals surface area contributed by atoms with Crippen LogP contribution in [0, 0.1) is 6.92 Å². The van der Waals surface area contributed by atoms with Crippen molar-refractivity contribution in [2.24, 2.45) is 0 Å². The van der Waals surface area contributed by atoms with Crippen molar-refractivity contribution in [2.75, 3.05) is 6.54 Å². The minimum absolute atomic E-state index is 0.189. The van der Waals surface area contributed by atoms with Crippen LogP contribution in [0.15, 0.2) is 28.1 Å². The summed E-state index contributed by atoms with van der Waals surface area (Å²) in [6, 6.07) is 6.74. The molecule has 1 aromatic heterocycles. The molecule has 0 aliphatic rings. The molecule has 0 bridgehead atoms. The normalized spacial score (nSPS) is 12.9. The van der Waals surface area contributed by atoms with Crippen molar-refractivity contribution in [3.05, 3.63) is 49.9 Å². The predicted molar refractivity (Wildman–Crippen MR) is 95.2 cm³/mol. The van der Waals surface area contributed by atoms with E-state index < -0.39 is 0 Å². The second-order valence-electron chi connectivity index (χ2n) is 5.66. The van der Waals surface area contributed by atoms with Gasteiger partial charge >= 0.3 is 0 Å². The van der Waals surface area contributed by atoms with Crippen molar-refractivity contribution >= 4 is 27.3 Å². The topological polar surface area (TPSA) is 24.9 Å². The van der Waals surface area contributed by atoms with Gasteiger partial charge in [-0.15, -0.1) is 11.3 Å². The second-order valence-corrected chi connectivity index (χ2v) is 7.41. The Hall–Kier alpha value is -0.710. The highest BCUT2D eigenvalue weighted by Crippen LogP contribution is 2.29. The zero-order chi connectivity index (χ0) is 15.4. The van der Waals surface area contributed by atoms with E-state index in [4.69, 9.17) is 4.98 Å². The number of hydrogen-bond acceptors (Lipinski definition) is 3. The van der Waals surface area contributed by atoms with Gasteiger partial charge < -0.3 is 5.32 Å². The summed E-state index contributed by atoms with van der Waals surface area (Å²) >= 11 is 5.33. The molecule has 0 amide bonds. The van der Waals surface area contributed by atoms with Crippen LogP contribution >= 0.6 is 27.3 Å². The lowest BCUT2D eigenvalue weighted by molar-refractivity contribution is 0.593. The van der Waals surface area contributed by atoms with Crippen LogP contribution in [0.2, 0.25) is 0 Å². The maximum absolute atomic E-state index is 4.84. The first-order valence-electron chi connectivity index (χ1n) is 7.47. The van der Waals surface area contributed by atoms with Crippen LogP contribution in [0.1, 0.15) is 61.0 Å². The molecule has 2 nitrogen and oxygen atoms in total. The SMILES string of the molecule is CCCNC(c1ccc(Br)c(C)c1)c1nc(C(C)C)cs1. The number of halogens is 1. The molecule has 1 atom stereocenters. The maximum Gasteiger partial charge on any atom is 0.114 e. The van der Waals surface area contributed by atoms with Gasteiger partial charge in [0.15, 0.2) is 0 Å². The lowest BCUT2D eigenvalue weighted by atomic mass is 10.0. The number of benzene rings is 1. The third-order valence-corrected chi connectivity index (χ3v) is 5.31. The summed E-state index contributed by atoms with van der Waals surface area (Å²) in [6.45, 7) is 9.70. The minimum atomic E-state index is 0.189. The van der Waals surface area contributed by atoms with Gasteiger partial charge in [-0.3, -0.25) is 0 Å². The number of hydrogen-bond donors (Lipinski definition) is 1. The van der Waals surface area contributed by atoms with E-state index in [-0.39, 0.29) is 6.04 Å². The molecular formula is C17H23BrN2S. The standard InChI is InChI=1S/C17H23BrN2S/c1-5-8-19-16(13-6-7-14(18)12(4)9-13)17-20-15(10-21-17)11(2)3/h6-7,9-11,16,19H,5,8H2,1-4H3.